The van der Waals surface area contributed by atoms with Gasteiger partial charge in [-0.3, -0.25) is 0 Å². The van der Waals surface area contributed by atoms with E-state index in [1.807, 2.05) is 36.7 Å². The minimum atomic E-state index is 0.767. The first-order valence-corrected chi connectivity index (χ1v) is 5.09. The van der Waals surface area contributed by atoms with Crippen LogP contribution in [-0.2, 0) is 7.05 Å². The summed E-state index contributed by atoms with van der Waals surface area (Å²) in [4.78, 5) is 0. The van der Waals surface area contributed by atoms with E-state index in [0.29, 0.717) is 0 Å². The van der Waals surface area contributed by atoms with Gasteiger partial charge in [-0.15, -0.1) is 0 Å². The van der Waals surface area contributed by atoms with Crippen LogP contribution in [0.15, 0.2) is 22.7 Å². The van der Waals surface area contributed by atoms with Gasteiger partial charge < -0.3 is 4.57 Å². The topological polar surface area (TPSA) is 28.7 Å². The van der Waals surface area contributed by atoms with Crippen molar-refractivity contribution in [3.63, 3.8) is 0 Å². The lowest BCUT2D eigenvalue weighted by molar-refractivity contribution is 0.913. The molecule has 1 aromatic carbocycles. The van der Waals surface area contributed by atoms with Crippen molar-refractivity contribution in [2.24, 2.45) is 7.05 Å². The molecular formula is C11H9BrN2. The fourth-order valence-electron chi connectivity index (χ4n) is 1.73. The van der Waals surface area contributed by atoms with E-state index in [-0.39, 0.29) is 0 Å². The number of benzene rings is 1. The van der Waals surface area contributed by atoms with Crippen LogP contribution in [0.1, 0.15) is 11.3 Å². The molecule has 0 amide bonds. The highest BCUT2D eigenvalue weighted by Crippen LogP contribution is 2.29. The van der Waals surface area contributed by atoms with Crippen LogP contribution in [0.2, 0.25) is 0 Å². The SMILES string of the molecule is Cc1c(C#N)c2cccc(Br)c2n1C. The van der Waals surface area contributed by atoms with Crippen molar-refractivity contribution < 1.29 is 0 Å². The molecule has 0 aliphatic heterocycles. The Kier molecular flexibility index (Phi) is 2.09. The van der Waals surface area contributed by atoms with Crippen LogP contribution in [0.25, 0.3) is 10.9 Å². The number of hydrogen-bond acceptors (Lipinski definition) is 1. The van der Waals surface area contributed by atoms with Crippen LogP contribution in [0, 0.1) is 18.3 Å². The van der Waals surface area contributed by atoms with Gasteiger partial charge in [0, 0.05) is 22.6 Å². The van der Waals surface area contributed by atoms with Crippen LogP contribution in [0.5, 0.6) is 0 Å². The molecule has 0 saturated heterocycles. The van der Waals surface area contributed by atoms with Gasteiger partial charge in [0.2, 0.25) is 0 Å². The number of para-hydroxylation sites is 1. The maximum atomic E-state index is 9.04. The predicted octanol–water partition coefficient (Wildman–Crippen LogP) is 3.12. The monoisotopic (exact) mass is 248 g/mol. The van der Waals surface area contributed by atoms with Gasteiger partial charge in [0.15, 0.2) is 0 Å². The van der Waals surface area contributed by atoms with Gasteiger partial charge in [-0.2, -0.15) is 5.26 Å². The molecule has 2 aromatic rings. The van der Waals surface area contributed by atoms with Crippen LogP contribution < -0.4 is 0 Å². The van der Waals surface area contributed by atoms with E-state index in [0.717, 1.165) is 26.6 Å². The summed E-state index contributed by atoms with van der Waals surface area (Å²) in [7, 11) is 1.98. The summed E-state index contributed by atoms with van der Waals surface area (Å²) in [5.41, 5.74) is 2.86. The molecule has 0 bridgehead atoms. The first-order valence-electron chi connectivity index (χ1n) is 4.30. The predicted molar refractivity (Wildman–Crippen MR) is 60.1 cm³/mol. The largest absolute Gasteiger partial charge is 0.346 e. The number of rotatable bonds is 0. The molecule has 0 fully saturated rings. The third kappa shape index (κ3) is 1.08. The molecule has 0 spiro atoms. The molecule has 0 N–H and O–H groups in total. The average molecular weight is 249 g/mol. The molecule has 0 aliphatic rings. The van der Waals surface area contributed by atoms with Crippen LogP contribution in [0.4, 0.5) is 0 Å². The summed E-state index contributed by atoms with van der Waals surface area (Å²) in [6.45, 7) is 1.96. The zero-order chi connectivity index (χ0) is 10.3. The zero-order valence-electron chi connectivity index (χ0n) is 8.00. The summed E-state index contributed by atoms with van der Waals surface area (Å²) in [6, 6.07) is 8.16. The summed E-state index contributed by atoms with van der Waals surface area (Å²) in [5.74, 6) is 0. The molecule has 2 rings (SSSR count). The number of aryl methyl sites for hydroxylation is 1. The van der Waals surface area contributed by atoms with E-state index in [2.05, 4.69) is 22.0 Å². The first kappa shape index (κ1) is 9.29. The molecule has 1 heterocycles. The van der Waals surface area contributed by atoms with Crippen molar-refractivity contribution in [2.45, 2.75) is 6.92 Å². The van der Waals surface area contributed by atoms with E-state index in [9.17, 15) is 0 Å². The second kappa shape index (κ2) is 3.14. The van der Waals surface area contributed by atoms with E-state index >= 15 is 0 Å². The van der Waals surface area contributed by atoms with Crippen molar-refractivity contribution in [3.05, 3.63) is 33.9 Å². The molecule has 0 saturated carbocycles. The van der Waals surface area contributed by atoms with Gasteiger partial charge in [0.1, 0.15) is 6.07 Å². The van der Waals surface area contributed by atoms with Gasteiger partial charge in [0.25, 0.3) is 0 Å². The number of nitriles is 1. The third-order valence-electron chi connectivity index (χ3n) is 2.57. The Balaban J connectivity index is 3.05. The van der Waals surface area contributed by atoms with Gasteiger partial charge in [-0.25, -0.2) is 0 Å². The molecule has 70 valence electrons. The van der Waals surface area contributed by atoms with Gasteiger partial charge in [0.05, 0.1) is 11.1 Å². The van der Waals surface area contributed by atoms with Crippen LogP contribution >= 0.6 is 15.9 Å². The van der Waals surface area contributed by atoms with E-state index in [1.165, 1.54) is 0 Å². The zero-order valence-corrected chi connectivity index (χ0v) is 9.59. The number of aromatic nitrogens is 1. The van der Waals surface area contributed by atoms with Gasteiger partial charge in [-0.1, -0.05) is 12.1 Å². The molecule has 2 nitrogen and oxygen atoms in total. The number of hydrogen-bond donors (Lipinski definition) is 0. The Labute approximate surface area is 90.9 Å². The second-order valence-corrected chi connectivity index (χ2v) is 4.12. The Morgan fingerprint density at radius 2 is 2.14 bits per heavy atom. The molecule has 0 unspecified atom stereocenters. The molecule has 0 radical (unpaired) electrons. The number of fused-ring (bicyclic) bond motifs is 1. The minimum absolute atomic E-state index is 0.767. The molecule has 14 heavy (non-hydrogen) atoms. The van der Waals surface area contributed by atoms with Crippen molar-refractivity contribution in [3.8, 4) is 6.07 Å². The fraction of sp³-hybridized carbons (Fsp3) is 0.182. The van der Waals surface area contributed by atoms with Gasteiger partial charge in [-0.05, 0) is 28.9 Å². The maximum Gasteiger partial charge on any atom is 0.102 e. The number of nitrogens with zero attached hydrogens (tertiary/aromatic N) is 2. The highest BCUT2D eigenvalue weighted by molar-refractivity contribution is 9.10. The maximum absolute atomic E-state index is 9.04. The highest BCUT2D eigenvalue weighted by Gasteiger charge is 2.12. The summed E-state index contributed by atoms with van der Waals surface area (Å²) >= 11 is 3.49. The lowest BCUT2D eigenvalue weighted by Gasteiger charge is -1.99. The van der Waals surface area contributed by atoms with E-state index < -0.39 is 0 Å². The molecule has 3 heteroatoms. The molecule has 0 aliphatic carbocycles. The number of halogens is 1. The Morgan fingerprint density at radius 3 is 2.79 bits per heavy atom. The minimum Gasteiger partial charge on any atom is -0.346 e. The average Bonchev–Trinajstić information content (AvgIpc) is 2.41. The van der Waals surface area contributed by atoms with Crippen molar-refractivity contribution in [1.82, 2.24) is 4.57 Å². The quantitative estimate of drug-likeness (QED) is 0.705. The van der Waals surface area contributed by atoms with Crippen molar-refractivity contribution in [1.29, 1.82) is 5.26 Å². The Hall–Kier alpha value is -1.27. The highest BCUT2D eigenvalue weighted by atomic mass is 79.9. The van der Waals surface area contributed by atoms with Crippen molar-refractivity contribution >= 4 is 26.8 Å². The van der Waals surface area contributed by atoms with Crippen LogP contribution in [0.3, 0.4) is 0 Å². The summed E-state index contributed by atoms with van der Waals surface area (Å²) in [5, 5.41) is 10.1. The lowest BCUT2D eigenvalue weighted by atomic mass is 10.1. The Bertz CT molecular complexity index is 546. The van der Waals surface area contributed by atoms with Crippen molar-refractivity contribution in [2.75, 3.05) is 0 Å². The standard InChI is InChI=1S/C11H9BrN2/c1-7-9(6-13)8-4-3-5-10(12)11(8)14(7)2/h3-5H,1-2H3. The van der Waals surface area contributed by atoms with Crippen LogP contribution in [-0.4, -0.2) is 4.57 Å². The lowest BCUT2D eigenvalue weighted by Crippen LogP contribution is -1.90. The van der Waals surface area contributed by atoms with E-state index in [1.54, 1.807) is 0 Å². The fourth-order valence-corrected chi connectivity index (χ4v) is 2.36. The first-order chi connectivity index (χ1) is 6.66. The van der Waals surface area contributed by atoms with E-state index in [4.69, 9.17) is 5.26 Å². The normalized spacial score (nSPS) is 10.4. The van der Waals surface area contributed by atoms with Gasteiger partial charge >= 0.3 is 0 Å². The Morgan fingerprint density at radius 1 is 1.43 bits per heavy atom. The molecular weight excluding hydrogens is 240 g/mol. The third-order valence-corrected chi connectivity index (χ3v) is 3.21. The second-order valence-electron chi connectivity index (χ2n) is 3.27. The smallest absolute Gasteiger partial charge is 0.102 e. The molecule has 1 aromatic heterocycles. The summed E-state index contributed by atoms with van der Waals surface area (Å²) < 4.78 is 3.07. The molecule has 0 atom stereocenters. The summed E-state index contributed by atoms with van der Waals surface area (Å²) in [6.07, 6.45) is 0.